The second kappa shape index (κ2) is 4.17. The molecule has 0 aromatic carbocycles. The molecule has 0 spiro atoms. The normalized spacial score (nSPS) is 10.4. The maximum Gasteiger partial charge on any atom is 0.283 e. The Bertz CT molecular complexity index is 331. The largest absolute Gasteiger partial charge is 0.493 e. The van der Waals surface area contributed by atoms with Gasteiger partial charge in [-0.3, -0.25) is 0 Å². The molecule has 0 unspecified atom stereocenters. The maximum absolute atomic E-state index is 13.1. The van der Waals surface area contributed by atoms with E-state index in [1.165, 1.54) is 14.2 Å². The van der Waals surface area contributed by atoms with Gasteiger partial charge in [0.2, 0.25) is 5.88 Å². The van der Waals surface area contributed by atoms with Gasteiger partial charge in [-0.2, -0.15) is 0 Å². The molecular weight excluding hydrogens is 199 g/mol. The van der Waals surface area contributed by atoms with Gasteiger partial charge in [0.1, 0.15) is 5.69 Å². The molecule has 1 aromatic rings. The number of nitrogens with zero attached hydrogens (tertiary/aromatic N) is 1. The fourth-order valence-electron chi connectivity index (χ4n) is 0.899. The summed E-state index contributed by atoms with van der Waals surface area (Å²) < 4.78 is 46.8. The van der Waals surface area contributed by atoms with Crippen molar-refractivity contribution in [1.29, 1.82) is 0 Å². The molecule has 0 aliphatic heterocycles. The third-order valence-electron chi connectivity index (χ3n) is 1.56. The molecule has 78 valence electrons. The van der Waals surface area contributed by atoms with Crippen LogP contribution in [0.1, 0.15) is 12.1 Å². The van der Waals surface area contributed by atoms with Crippen molar-refractivity contribution in [2.75, 3.05) is 14.2 Å². The standard InChI is InChI=1S/C8H8F3NO2/c1-13-4-3-5(14-2)12-7(6(4)9)8(10)11/h3,8H,1-2H3. The van der Waals surface area contributed by atoms with Crippen molar-refractivity contribution in [2.24, 2.45) is 0 Å². The highest BCUT2D eigenvalue weighted by Gasteiger charge is 2.21. The molecule has 1 rings (SSSR count). The number of ether oxygens (including phenoxy) is 2. The third-order valence-corrected chi connectivity index (χ3v) is 1.56. The second-order valence-corrected chi connectivity index (χ2v) is 2.37. The summed E-state index contributed by atoms with van der Waals surface area (Å²) in [5.41, 5.74) is -0.971. The zero-order chi connectivity index (χ0) is 10.7. The summed E-state index contributed by atoms with van der Waals surface area (Å²) in [4.78, 5) is 3.27. The minimum Gasteiger partial charge on any atom is -0.493 e. The Hall–Kier alpha value is -1.46. The maximum atomic E-state index is 13.1. The van der Waals surface area contributed by atoms with E-state index in [1.807, 2.05) is 0 Å². The molecule has 6 heteroatoms. The quantitative estimate of drug-likeness (QED) is 0.761. The Morgan fingerprint density at radius 3 is 2.36 bits per heavy atom. The number of aromatic nitrogens is 1. The summed E-state index contributed by atoms with van der Waals surface area (Å²) in [6.45, 7) is 0. The van der Waals surface area contributed by atoms with Crippen molar-refractivity contribution in [2.45, 2.75) is 6.43 Å². The predicted octanol–water partition coefficient (Wildman–Crippen LogP) is 2.18. The number of pyridine rings is 1. The Balaban J connectivity index is 3.27. The minimum absolute atomic E-state index is 0.112. The van der Waals surface area contributed by atoms with Gasteiger partial charge in [0.15, 0.2) is 11.6 Å². The number of methoxy groups -OCH3 is 2. The molecule has 0 bridgehead atoms. The number of hydrogen-bond donors (Lipinski definition) is 0. The second-order valence-electron chi connectivity index (χ2n) is 2.37. The molecule has 0 fully saturated rings. The van der Waals surface area contributed by atoms with Crippen LogP contribution in [-0.4, -0.2) is 19.2 Å². The predicted molar refractivity (Wildman–Crippen MR) is 42.3 cm³/mol. The highest BCUT2D eigenvalue weighted by molar-refractivity contribution is 5.32. The molecule has 0 aliphatic rings. The molecule has 3 nitrogen and oxygen atoms in total. The molecular formula is C8H8F3NO2. The third kappa shape index (κ3) is 1.89. The molecule has 0 atom stereocenters. The molecule has 0 amide bonds. The molecule has 0 N–H and O–H groups in total. The van der Waals surface area contributed by atoms with Gasteiger partial charge in [0, 0.05) is 6.07 Å². The molecule has 1 heterocycles. The van der Waals surface area contributed by atoms with E-state index in [0.717, 1.165) is 6.07 Å². The zero-order valence-corrected chi connectivity index (χ0v) is 7.55. The van der Waals surface area contributed by atoms with E-state index in [4.69, 9.17) is 0 Å². The highest BCUT2D eigenvalue weighted by atomic mass is 19.3. The fraction of sp³-hybridized carbons (Fsp3) is 0.375. The monoisotopic (exact) mass is 207 g/mol. The van der Waals surface area contributed by atoms with Crippen LogP contribution in [0.25, 0.3) is 0 Å². The Labute approximate surface area is 78.5 Å². The first-order valence-electron chi connectivity index (χ1n) is 3.66. The van der Waals surface area contributed by atoms with E-state index in [1.54, 1.807) is 0 Å². The first-order valence-corrected chi connectivity index (χ1v) is 3.66. The van der Waals surface area contributed by atoms with Gasteiger partial charge in [-0.25, -0.2) is 18.2 Å². The van der Waals surface area contributed by atoms with Crippen molar-refractivity contribution in [1.82, 2.24) is 4.98 Å². The van der Waals surface area contributed by atoms with E-state index < -0.39 is 17.9 Å². The van der Waals surface area contributed by atoms with Crippen LogP contribution in [0.4, 0.5) is 13.2 Å². The van der Waals surface area contributed by atoms with Crippen LogP contribution < -0.4 is 9.47 Å². The number of alkyl halides is 2. The Morgan fingerprint density at radius 1 is 1.29 bits per heavy atom. The average Bonchev–Trinajstić information content (AvgIpc) is 2.17. The van der Waals surface area contributed by atoms with Crippen molar-refractivity contribution in [3.63, 3.8) is 0 Å². The van der Waals surface area contributed by atoms with Crippen LogP contribution in [-0.2, 0) is 0 Å². The van der Waals surface area contributed by atoms with Crippen molar-refractivity contribution >= 4 is 0 Å². The first-order chi connectivity index (χ1) is 6.60. The van der Waals surface area contributed by atoms with Crippen LogP contribution in [0.2, 0.25) is 0 Å². The van der Waals surface area contributed by atoms with Crippen LogP contribution in [0.3, 0.4) is 0 Å². The van der Waals surface area contributed by atoms with Gasteiger partial charge in [0.25, 0.3) is 6.43 Å². The smallest absolute Gasteiger partial charge is 0.283 e. The number of rotatable bonds is 3. The lowest BCUT2D eigenvalue weighted by atomic mass is 10.3. The summed E-state index contributed by atoms with van der Waals surface area (Å²) in [7, 11) is 2.42. The SMILES string of the molecule is COc1cc(OC)c(F)c(C(F)F)n1. The fourth-order valence-corrected chi connectivity index (χ4v) is 0.899. The first kappa shape index (κ1) is 10.6. The van der Waals surface area contributed by atoms with Crippen LogP contribution in [0.15, 0.2) is 6.07 Å². The van der Waals surface area contributed by atoms with Crippen LogP contribution in [0.5, 0.6) is 11.6 Å². The van der Waals surface area contributed by atoms with Gasteiger partial charge in [-0.1, -0.05) is 0 Å². The van der Waals surface area contributed by atoms with E-state index in [2.05, 4.69) is 14.5 Å². The van der Waals surface area contributed by atoms with E-state index in [0.29, 0.717) is 0 Å². The van der Waals surface area contributed by atoms with Crippen molar-refractivity contribution in [3.05, 3.63) is 17.6 Å². The van der Waals surface area contributed by atoms with Gasteiger partial charge < -0.3 is 9.47 Å². The lowest BCUT2D eigenvalue weighted by molar-refractivity contribution is 0.138. The zero-order valence-electron chi connectivity index (χ0n) is 7.55. The molecule has 1 aromatic heterocycles. The average molecular weight is 207 g/mol. The Morgan fingerprint density at radius 2 is 1.93 bits per heavy atom. The number of hydrogen-bond acceptors (Lipinski definition) is 3. The van der Waals surface area contributed by atoms with Gasteiger partial charge in [0.05, 0.1) is 14.2 Å². The lowest BCUT2D eigenvalue weighted by Gasteiger charge is -2.08. The molecule has 0 saturated heterocycles. The van der Waals surface area contributed by atoms with E-state index >= 15 is 0 Å². The summed E-state index contributed by atoms with van der Waals surface area (Å²) in [5.74, 6) is -1.59. The molecule has 0 saturated carbocycles. The minimum atomic E-state index is -3.00. The number of halogens is 3. The Kier molecular flexibility index (Phi) is 3.16. The van der Waals surface area contributed by atoms with E-state index in [-0.39, 0.29) is 11.6 Å². The summed E-state index contributed by atoms with van der Waals surface area (Å²) >= 11 is 0. The summed E-state index contributed by atoms with van der Waals surface area (Å²) in [6.07, 6.45) is -3.00. The summed E-state index contributed by atoms with van der Waals surface area (Å²) in [5, 5.41) is 0. The van der Waals surface area contributed by atoms with Crippen LogP contribution in [0, 0.1) is 5.82 Å². The molecule has 0 radical (unpaired) electrons. The van der Waals surface area contributed by atoms with Gasteiger partial charge >= 0.3 is 0 Å². The van der Waals surface area contributed by atoms with Crippen molar-refractivity contribution in [3.8, 4) is 11.6 Å². The highest BCUT2D eigenvalue weighted by Crippen LogP contribution is 2.29. The van der Waals surface area contributed by atoms with Crippen molar-refractivity contribution < 1.29 is 22.6 Å². The molecule has 0 aliphatic carbocycles. The summed E-state index contributed by atoms with van der Waals surface area (Å²) in [6, 6.07) is 1.10. The lowest BCUT2D eigenvalue weighted by Crippen LogP contribution is -2.01. The van der Waals surface area contributed by atoms with Gasteiger partial charge in [-0.15, -0.1) is 0 Å². The van der Waals surface area contributed by atoms with E-state index in [9.17, 15) is 13.2 Å². The van der Waals surface area contributed by atoms with Crippen LogP contribution >= 0.6 is 0 Å². The topological polar surface area (TPSA) is 31.4 Å². The molecule has 14 heavy (non-hydrogen) atoms. The van der Waals surface area contributed by atoms with Gasteiger partial charge in [-0.05, 0) is 0 Å².